The number of benzene rings is 2. The van der Waals surface area contributed by atoms with Crippen LogP contribution in [0, 0.1) is 0 Å². The number of nitrogens with zero attached hydrogens (tertiary/aromatic N) is 2. The number of hydrogen-bond acceptors (Lipinski definition) is 7. The molecule has 0 aliphatic heterocycles. The van der Waals surface area contributed by atoms with E-state index in [-0.39, 0.29) is 11.8 Å². The second-order valence-electron chi connectivity index (χ2n) is 5.81. The molecule has 1 N–H and O–H groups in total. The van der Waals surface area contributed by atoms with Crippen LogP contribution < -0.4 is 19.5 Å². The maximum atomic E-state index is 12.3. The van der Waals surface area contributed by atoms with E-state index in [1.54, 1.807) is 33.5 Å². The zero-order valence-corrected chi connectivity index (χ0v) is 15.9. The minimum atomic E-state index is -0.436. The Morgan fingerprint density at radius 3 is 2.46 bits per heavy atom. The maximum Gasteiger partial charge on any atom is 0.308 e. The van der Waals surface area contributed by atoms with Gasteiger partial charge in [-0.1, -0.05) is 18.2 Å². The largest absolute Gasteiger partial charge is 0.496 e. The van der Waals surface area contributed by atoms with Crippen LogP contribution in [0.4, 0.5) is 0 Å². The molecule has 0 aliphatic carbocycles. The molecule has 1 heterocycles. The average molecular weight is 383 g/mol. The van der Waals surface area contributed by atoms with Crippen LogP contribution in [0.15, 0.2) is 46.9 Å². The first-order valence-electron chi connectivity index (χ1n) is 8.62. The van der Waals surface area contributed by atoms with E-state index in [2.05, 4.69) is 15.5 Å². The second-order valence-corrected chi connectivity index (χ2v) is 5.81. The topological polar surface area (TPSA) is 95.7 Å². The van der Waals surface area contributed by atoms with Crippen molar-refractivity contribution in [2.45, 2.75) is 6.42 Å². The summed E-state index contributed by atoms with van der Waals surface area (Å²) in [6.45, 7) is 0.403. The molecule has 8 heteroatoms. The lowest BCUT2D eigenvalue weighted by molar-refractivity contribution is 0.0920. The molecule has 0 unspecified atom stereocenters. The highest BCUT2D eigenvalue weighted by Gasteiger charge is 2.17. The van der Waals surface area contributed by atoms with Crippen molar-refractivity contribution >= 4 is 5.91 Å². The van der Waals surface area contributed by atoms with Gasteiger partial charge < -0.3 is 23.9 Å². The molecule has 0 saturated heterocycles. The molecule has 1 amide bonds. The van der Waals surface area contributed by atoms with Gasteiger partial charge in [-0.05, 0) is 36.2 Å². The Bertz CT molecular complexity index is 955. The lowest BCUT2D eigenvalue weighted by atomic mass is 10.1. The number of nitrogens with one attached hydrogen (secondary N) is 1. The molecule has 3 rings (SSSR count). The molecule has 0 saturated carbocycles. The number of amides is 1. The molecule has 2 aromatic carbocycles. The molecule has 8 nitrogen and oxygen atoms in total. The fraction of sp³-hybridized carbons (Fsp3) is 0.250. The van der Waals surface area contributed by atoms with Gasteiger partial charge in [-0.25, -0.2) is 0 Å². The first-order chi connectivity index (χ1) is 13.7. The van der Waals surface area contributed by atoms with E-state index in [9.17, 15) is 4.79 Å². The number of ether oxygens (including phenoxy) is 3. The molecule has 0 bridgehead atoms. The quantitative estimate of drug-likeness (QED) is 0.639. The van der Waals surface area contributed by atoms with E-state index >= 15 is 0 Å². The summed E-state index contributed by atoms with van der Waals surface area (Å²) >= 11 is 0. The van der Waals surface area contributed by atoms with E-state index in [4.69, 9.17) is 18.6 Å². The summed E-state index contributed by atoms with van der Waals surface area (Å²) in [4.78, 5) is 12.3. The second kappa shape index (κ2) is 8.90. The number of carbonyl (C=O) groups is 1. The first kappa shape index (κ1) is 19.2. The van der Waals surface area contributed by atoms with Gasteiger partial charge >= 0.3 is 11.8 Å². The Kier molecular flexibility index (Phi) is 6.11. The predicted octanol–water partition coefficient (Wildman–Crippen LogP) is 2.73. The van der Waals surface area contributed by atoms with Gasteiger partial charge in [0.25, 0.3) is 5.89 Å². The average Bonchev–Trinajstić information content (AvgIpc) is 3.23. The number of para-hydroxylation sites is 1. The van der Waals surface area contributed by atoms with Crippen LogP contribution in [0.3, 0.4) is 0 Å². The Morgan fingerprint density at radius 1 is 0.964 bits per heavy atom. The summed E-state index contributed by atoms with van der Waals surface area (Å²) in [5.74, 6) is 1.58. The molecule has 28 heavy (non-hydrogen) atoms. The minimum absolute atomic E-state index is 0.104. The van der Waals surface area contributed by atoms with Gasteiger partial charge in [0.2, 0.25) is 0 Å². The monoisotopic (exact) mass is 383 g/mol. The van der Waals surface area contributed by atoms with Crippen LogP contribution in [0.25, 0.3) is 11.5 Å². The van der Waals surface area contributed by atoms with E-state index in [1.165, 1.54) is 0 Å². The van der Waals surface area contributed by atoms with Crippen LogP contribution in [0.2, 0.25) is 0 Å². The molecular formula is C20H21N3O5. The van der Waals surface area contributed by atoms with Crippen molar-refractivity contribution in [3.63, 3.8) is 0 Å². The Hall–Kier alpha value is -3.55. The highest BCUT2D eigenvalue weighted by molar-refractivity contribution is 5.89. The molecule has 0 radical (unpaired) electrons. The fourth-order valence-corrected chi connectivity index (χ4v) is 2.68. The van der Waals surface area contributed by atoms with Crippen molar-refractivity contribution in [3.05, 3.63) is 53.9 Å². The van der Waals surface area contributed by atoms with Crippen LogP contribution in [-0.2, 0) is 6.42 Å². The molecule has 1 aromatic heterocycles. The van der Waals surface area contributed by atoms with E-state index in [0.717, 1.165) is 5.56 Å². The summed E-state index contributed by atoms with van der Waals surface area (Å²) in [6.07, 6.45) is 0.611. The van der Waals surface area contributed by atoms with E-state index < -0.39 is 5.91 Å². The normalized spacial score (nSPS) is 10.4. The summed E-state index contributed by atoms with van der Waals surface area (Å²) in [5.41, 5.74) is 1.63. The molecular weight excluding hydrogens is 362 g/mol. The van der Waals surface area contributed by atoms with Crippen molar-refractivity contribution in [3.8, 4) is 28.7 Å². The van der Waals surface area contributed by atoms with E-state index in [0.29, 0.717) is 35.8 Å². The lowest BCUT2D eigenvalue weighted by Gasteiger charge is -2.09. The number of carbonyl (C=O) groups excluding carboxylic acids is 1. The maximum absolute atomic E-state index is 12.3. The van der Waals surface area contributed by atoms with Gasteiger partial charge in [0.15, 0.2) is 11.5 Å². The third-order valence-corrected chi connectivity index (χ3v) is 4.10. The number of hydrogen-bond donors (Lipinski definition) is 1. The van der Waals surface area contributed by atoms with Gasteiger partial charge in [0, 0.05) is 6.54 Å². The predicted molar refractivity (Wildman–Crippen MR) is 102 cm³/mol. The van der Waals surface area contributed by atoms with Gasteiger partial charge in [0.1, 0.15) is 5.75 Å². The first-order valence-corrected chi connectivity index (χ1v) is 8.62. The van der Waals surface area contributed by atoms with Gasteiger partial charge in [-0.15, -0.1) is 10.2 Å². The highest BCUT2D eigenvalue weighted by Crippen LogP contribution is 2.29. The Morgan fingerprint density at radius 2 is 1.71 bits per heavy atom. The smallest absolute Gasteiger partial charge is 0.308 e. The van der Waals surface area contributed by atoms with Crippen LogP contribution in [0.1, 0.15) is 16.2 Å². The Labute approximate surface area is 162 Å². The fourth-order valence-electron chi connectivity index (χ4n) is 2.68. The Balaban J connectivity index is 1.61. The number of aromatic nitrogens is 2. The number of rotatable bonds is 8. The summed E-state index contributed by atoms with van der Waals surface area (Å²) < 4.78 is 21.3. The van der Waals surface area contributed by atoms with Crippen LogP contribution >= 0.6 is 0 Å². The van der Waals surface area contributed by atoms with E-state index in [1.807, 2.05) is 30.3 Å². The molecule has 3 aromatic rings. The van der Waals surface area contributed by atoms with Crippen molar-refractivity contribution in [2.24, 2.45) is 0 Å². The lowest BCUT2D eigenvalue weighted by Crippen LogP contribution is -2.26. The van der Waals surface area contributed by atoms with Gasteiger partial charge in [-0.2, -0.15) is 0 Å². The molecule has 0 spiro atoms. The third-order valence-electron chi connectivity index (χ3n) is 4.10. The van der Waals surface area contributed by atoms with Crippen LogP contribution in [-0.4, -0.2) is 44.0 Å². The molecule has 0 aliphatic rings. The van der Waals surface area contributed by atoms with Crippen molar-refractivity contribution < 1.29 is 23.4 Å². The zero-order chi connectivity index (χ0) is 19.9. The zero-order valence-electron chi connectivity index (χ0n) is 15.9. The minimum Gasteiger partial charge on any atom is -0.496 e. The summed E-state index contributed by atoms with van der Waals surface area (Å²) in [5, 5.41) is 10.5. The highest BCUT2D eigenvalue weighted by atomic mass is 16.5. The molecule has 0 atom stereocenters. The molecule has 146 valence electrons. The summed E-state index contributed by atoms with van der Waals surface area (Å²) in [7, 11) is 4.72. The standard InChI is InChI=1S/C20H21N3O5/c1-25-15-7-5-4-6-14(15)19-22-23-20(28-19)18(24)21-11-10-13-8-9-16(26-2)17(12-13)27-3/h4-9,12H,10-11H2,1-3H3,(H,21,24). The molecule has 0 fully saturated rings. The van der Waals surface area contributed by atoms with Gasteiger partial charge in [0.05, 0.1) is 26.9 Å². The van der Waals surface area contributed by atoms with Crippen molar-refractivity contribution in [1.29, 1.82) is 0 Å². The van der Waals surface area contributed by atoms with Crippen molar-refractivity contribution in [1.82, 2.24) is 15.5 Å². The number of methoxy groups -OCH3 is 3. The van der Waals surface area contributed by atoms with Crippen LogP contribution in [0.5, 0.6) is 17.2 Å². The van der Waals surface area contributed by atoms with Crippen molar-refractivity contribution in [2.75, 3.05) is 27.9 Å². The van der Waals surface area contributed by atoms with Gasteiger partial charge in [-0.3, -0.25) is 4.79 Å². The third kappa shape index (κ3) is 4.22. The summed E-state index contributed by atoms with van der Waals surface area (Å²) in [6, 6.07) is 12.8. The SMILES string of the molecule is COc1ccc(CCNC(=O)c2nnc(-c3ccccc3OC)o2)cc1OC.